The maximum Gasteiger partial charge on any atom is 0.108 e. The Hall–Kier alpha value is -3.27. The van der Waals surface area contributed by atoms with Crippen LogP contribution in [0.25, 0.3) is 21.8 Å². The first-order valence-electron chi connectivity index (χ1n) is 8.24. The topological polar surface area (TPSA) is 50.2 Å². The number of nitrogens with zero attached hydrogens (tertiary/aromatic N) is 3. The highest BCUT2D eigenvalue weighted by atomic mass is 15.3. The van der Waals surface area contributed by atoms with Gasteiger partial charge in [-0.2, -0.15) is 5.10 Å². The summed E-state index contributed by atoms with van der Waals surface area (Å²) in [6.07, 6.45) is 0. The van der Waals surface area contributed by atoms with Gasteiger partial charge in [-0.3, -0.25) is 5.43 Å². The standard InChI is InChI=1S/C21H18N4/c1-14-20(15(2)24-25-17-9-4-3-5-10-17)23-21-18-11-7-6-8-16(18)12-13-19(21)22-14/h3-13,25H,1-2H3/b24-15+. The molecular weight excluding hydrogens is 308 g/mol. The van der Waals surface area contributed by atoms with Crippen LogP contribution in [-0.4, -0.2) is 15.7 Å². The van der Waals surface area contributed by atoms with Gasteiger partial charge in [-0.25, -0.2) is 9.97 Å². The van der Waals surface area contributed by atoms with Crippen LogP contribution >= 0.6 is 0 Å². The number of benzene rings is 3. The third-order valence-corrected chi connectivity index (χ3v) is 4.20. The van der Waals surface area contributed by atoms with Crippen molar-refractivity contribution >= 4 is 33.2 Å². The first kappa shape index (κ1) is 15.3. The Labute approximate surface area is 146 Å². The number of aryl methyl sites for hydroxylation is 1. The third kappa shape index (κ3) is 2.94. The SMILES string of the molecule is C/C(=N\Nc1ccccc1)c1nc2c(ccc3ccccc32)nc1C. The second-order valence-corrected chi connectivity index (χ2v) is 5.99. The minimum absolute atomic E-state index is 0.809. The molecule has 1 N–H and O–H groups in total. The summed E-state index contributed by atoms with van der Waals surface area (Å²) in [5.74, 6) is 0. The zero-order valence-corrected chi connectivity index (χ0v) is 14.2. The molecule has 0 unspecified atom stereocenters. The third-order valence-electron chi connectivity index (χ3n) is 4.20. The van der Waals surface area contributed by atoms with E-state index in [-0.39, 0.29) is 0 Å². The van der Waals surface area contributed by atoms with E-state index in [1.807, 2.05) is 62.4 Å². The zero-order chi connectivity index (χ0) is 17.2. The van der Waals surface area contributed by atoms with E-state index >= 15 is 0 Å². The van der Waals surface area contributed by atoms with Crippen LogP contribution in [0, 0.1) is 6.92 Å². The van der Waals surface area contributed by atoms with Crippen molar-refractivity contribution in [3.05, 3.63) is 78.1 Å². The van der Waals surface area contributed by atoms with E-state index in [1.54, 1.807) is 0 Å². The highest BCUT2D eigenvalue weighted by Crippen LogP contribution is 2.23. The van der Waals surface area contributed by atoms with Gasteiger partial charge < -0.3 is 0 Å². The van der Waals surface area contributed by atoms with Crippen molar-refractivity contribution < 1.29 is 0 Å². The number of rotatable bonds is 3. The molecule has 0 bridgehead atoms. The smallest absolute Gasteiger partial charge is 0.108 e. The molecule has 4 heteroatoms. The summed E-state index contributed by atoms with van der Waals surface area (Å²) in [4.78, 5) is 9.61. The van der Waals surface area contributed by atoms with Crippen LogP contribution in [0.1, 0.15) is 18.3 Å². The molecule has 0 aliphatic rings. The second-order valence-electron chi connectivity index (χ2n) is 5.99. The number of fused-ring (bicyclic) bond motifs is 3. The van der Waals surface area contributed by atoms with Gasteiger partial charge in [0.25, 0.3) is 0 Å². The van der Waals surface area contributed by atoms with E-state index in [4.69, 9.17) is 9.97 Å². The molecule has 0 amide bonds. The zero-order valence-electron chi connectivity index (χ0n) is 14.2. The van der Waals surface area contributed by atoms with Crippen LogP contribution in [-0.2, 0) is 0 Å². The molecule has 0 radical (unpaired) electrons. The van der Waals surface area contributed by atoms with E-state index in [0.717, 1.165) is 44.6 Å². The molecule has 0 saturated carbocycles. The lowest BCUT2D eigenvalue weighted by Gasteiger charge is -2.09. The van der Waals surface area contributed by atoms with E-state index in [9.17, 15) is 0 Å². The lowest BCUT2D eigenvalue weighted by Crippen LogP contribution is -2.07. The molecule has 0 saturated heterocycles. The quantitative estimate of drug-likeness (QED) is 0.330. The molecule has 122 valence electrons. The summed E-state index contributed by atoms with van der Waals surface area (Å²) in [6.45, 7) is 3.92. The Bertz CT molecular complexity index is 1080. The minimum atomic E-state index is 0.809. The molecule has 4 aromatic rings. The molecule has 0 fully saturated rings. The maximum absolute atomic E-state index is 4.88. The van der Waals surface area contributed by atoms with Crippen LogP contribution in [0.15, 0.2) is 71.8 Å². The summed E-state index contributed by atoms with van der Waals surface area (Å²) in [5, 5.41) is 6.75. The van der Waals surface area contributed by atoms with Crippen molar-refractivity contribution in [3.8, 4) is 0 Å². The van der Waals surface area contributed by atoms with Gasteiger partial charge in [-0.1, -0.05) is 48.5 Å². The monoisotopic (exact) mass is 326 g/mol. The van der Waals surface area contributed by atoms with Crippen molar-refractivity contribution in [1.82, 2.24) is 9.97 Å². The van der Waals surface area contributed by atoms with Gasteiger partial charge in [-0.05, 0) is 37.4 Å². The highest BCUT2D eigenvalue weighted by Gasteiger charge is 2.10. The molecule has 3 aromatic carbocycles. The van der Waals surface area contributed by atoms with E-state index in [2.05, 4.69) is 28.7 Å². The number of para-hydroxylation sites is 1. The Morgan fingerprint density at radius 3 is 2.48 bits per heavy atom. The van der Waals surface area contributed by atoms with Gasteiger partial charge in [0.2, 0.25) is 0 Å². The Kier molecular flexibility index (Phi) is 3.86. The van der Waals surface area contributed by atoms with Crippen molar-refractivity contribution in [3.63, 3.8) is 0 Å². The average molecular weight is 326 g/mol. The number of anilines is 1. The van der Waals surface area contributed by atoms with Crippen LogP contribution in [0.3, 0.4) is 0 Å². The average Bonchev–Trinajstić information content (AvgIpc) is 2.66. The molecule has 1 heterocycles. The number of hydrazone groups is 1. The predicted octanol–water partition coefficient (Wildman–Crippen LogP) is 4.93. The first-order chi connectivity index (χ1) is 12.2. The van der Waals surface area contributed by atoms with Gasteiger partial charge in [0.1, 0.15) is 5.69 Å². The fraction of sp³-hybridized carbons (Fsp3) is 0.0952. The lowest BCUT2D eigenvalue weighted by molar-refractivity contribution is 1.15. The largest absolute Gasteiger partial charge is 0.278 e. The van der Waals surface area contributed by atoms with Crippen molar-refractivity contribution in [1.29, 1.82) is 0 Å². The van der Waals surface area contributed by atoms with E-state index in [0.29, 0.717) is 0 Å². The van der Waals surface area contributed by atoms with Gasteiger partial charge >= 0.3 is 0 Å². The number of hydrogen-bond donors (Lipinski definition) is 1. The summed E-state index contributed by atoms with van der Waals surface area (Å²) in [5.41, 5.74) is 8.33. The van der Waals surface area contributed by atoms with Crippen LogP contribution in [0.4, 0.5) is 5.69 Å². The minimum Gasteiger partial charge on any atom is -0.278 e. The Balaban J connectivity index is 1.80. The summed E-state index contributed by atoms with van der Waals surface area (Å²) < 4.78 is 0. The van der Waals surface area contributed by atoms with E-state index in [1.165, 1.54) is 0 Å². The number of hydrogen-bond acceptors (Lipinski definition) is 4. The second kappa shape index (κ2) is 6.32. The first-order valence-corrected chi connectivity index (χ1v) is 8.24. The van der Waals surface area contributed by atoms with Crippen LogP contribution in [0.2, 0.25) is 0 Å². The molecule has 0 spiro atoms. The van der Waals surface area contributed by atoms with Crippen molar-refractivity contribution in [2.24, 2.45) is 5.10 Å². The predicted molar refractivity (Wildman–Crippen MR) is 104 cm³/mol. The summed E-state index contributed by atoms with van der Waals surface area (Å²) >= 11 is 0. The highest BCUT2D eigenvalue weighted by molar-refractivity contribution is 6.06. The number of aromatic nitrogens is 2. The molecular formula is C21H18N4. The fourth-order valence-electron chi connectivity index (χ4n) is 2.93. The molecule has 4 rings (SSSR count). The number of nitrogens with one attached hydrogen (secondary N) is 1. The van der Waals surface area contributed by atoms with Gasteiger partial charge in [0.15, 0.2) is 0 Å². The van der Waals surface area contributed by atoms with Crippen LogP contribution < -0.4 is 5.43 Å². The fourth-order valence-corrected chi connectivity index (χ4v) is 2.93. The van der Waals surface area contributed by atoms with Gasteiger partial charge in [-0.15, -0.1) is 0 Å². The van der Waals surface area contributed by atoms with Crippen molar-refractivity contribution in [2.75, 3.05) is 5.43 Å². The molecule has 0 aliphatic heterocycles. The van der Waals surface area contributed by atoms with Gasteiger partial charge in [0.05, 0.1) is 28.1 Å². The normalized spacial score (nSPS) is 11.8. The Morgan fingerprint density at radius 2 is 1.64 bits per heavy atom. The Morgan fingerprint density at radius 1 is 0.880 bits per heavy atom. The van der Waals surface area contributed by atoms with Crippen LogP contribution in [0.5, 0.6) is 0 Å². The molecule has 4 nitrogen and oxygen atoms in total. The van der Waals surface area contributed by atoms with E-state index < -0.39 is 0 Å². The molecule has 0 atom stereocenters. The summed E-state index contributed by atoms with van der Waals surface area (Å²) in [6, 6.07) is 22.2. The summed E-state index contributed by atoms with van der Waals surface area (Å²) in [7, 11) is 0. The van der Waals surface area contributed by atoms with Gasteiger partial charge in [0, 0.05) is 5.39 Å². The lowest BCUT2D eigenvalue weighted by atomic mass is 10.1. The molecule has 1 aromatic heterocycles. The molecule has 25 heavy (non-hydrogen) atoms. The maximum atomic E-state index is 4.88. The van der Waals surface area contributed by atoms with Crippen molar-refractivity contribution in [2.45, 2.75) is 13.8 Å². The molecule has 0 aliphatic carbocycles.